The van der Waals surface area contributed by atoms with Gasteiger partial charge in [-0.2, -0.15) is 4.98 Å². The Kier molecular flexibility index (Phi) is 3.54. The van der Waals surface area contributed by atoms with Crippen LogP contribution in [-0.4, -0.2) is 21.4 Å². The molecule has 2 aromatic rings. The van der Waals surface area contributed by atoms with Crippen LogP contribution in [0, 0.1) is 5.82 Å². The van der Waals surface area contributed by atoms with Gasteiger partial charge in [-0.15, -0.1) is 0 Å². The van der Waals surface area contributed by atoms with Crippen molar-refractivity contribution in [3.05, 3.63) is 34.4 Å². The van der Waals surface area contributed by atoms with Crippen LogP contribution in [0.25, 0.3) is 11.4 Å². The van der Waals surface area contributed by atoms with Crippen molar-refractivity contribution in [2.24, 2.45) is 0 Å². The van der Waals surface area contributed by atoms with Crippen LogP contribution in [0.2, 0.25) is 0 Å². The quantitative estimate of drug-likeness (QED) is 0.946. The van der Waals surface area contributed by atoms with Gasteiger partial charge in [0.25, 0.3) is 0 Å². The van der Waals surface area contributed by atoms with Gasteiger partial charge in [-0.05, 0) is 25.1 Å². The van der Waals surface area contributed by atoms with Crippen LogP contribution in [0.1, 0.15) is 12.8 Å². The fourth-order valence-corrected chi connectivity index (χ4v) is 1.86. The summed E-state index contributed by atoms with van der Waals surface area (Å²) in [6, 6.07) is 4.36. The minimum atomic E-state index is -0.553. The molecule has 1 unspecified atom stereocenters. The number of hydrogen-bond donors (Lipinski definition) is 1. The third kappa shape index (κ3) is 3.10. The highest BCUT2D eigenvalue weighted by Gasteiger charge is 2.11. The van der Waals surface area contributed by atoms with E-state index in [1.807, 2.05) is 0 Å². The number of rotatable bonds is 3. The van der Waals surface area contributed by atoms with Gasteiger partial charge in [-0.1, -0.05) is 21.1 Å². The molecule has 6 heteroatoms. The zero-order chi connectivity index (χ0) is 12.4. The first-order valence-electron chi connectivity index (χ1n) is 5.01. The van der Waals surface area contributed by atoms with Gasteiger partial charge in [-0.3, -0.25) is 0 Å². The van der Waals surface area contributed by atoms with E-state index in [9.17, 15) is 9.50 Å². The van der Waals surface area contributed by atoms with E-state index in [1.54, 1.807) is 13.0 Å². The minimum Gasteiger partial charge on any atom is -0.393 e. The van der Waals surface area contributed by atoms with Crippen LogP contribution in [0.3, 0.4) is 0 Å². The number of benzene rings is 1. The van der Waals surface area contributed by atoms with Crippen LogP contribution in [0.5, 0.6) is 0 Å². The molecule has 0 radical (unpaired) electrons. The summed E-state index contributed by atoms with van der Waals surface area (Å²) in [6.45, 7) is 1.63. The van der Waals surface area contributed by atoms with Crippen molar-refractivity contribution in [2.75, 3.05) is 0 Å². The molecule has 0 aliphatic rings. The Hall–Kier alpha value is -1.27. The normalized spacial score (nSPS) is 12.7. The summed E-state index contributed by atoms with van der Waals surface area (Å²) in [7, 11) is 0. The highest BCUT2D eigenvalue weighted by molar-refractivity contribution is 9.10. The summed E-state index contributed by atoms with van der Waals surface area (Å²) < 4.78 is 18.7. The molecule has 0 bridgehead atoms. The van der Waals surface area contributed by atoms with Gasteiger partial charge in [0.1, 0.15) is 5.82 Å². The molecule has 2 rings (SSSR count). The molecule has 90 valence electrons. The van der Waals surface area contributed by atoms with Crippen molar-refractivity contribution in [3.8, 4) is 11.4 Å². The Morgan fingerprint density at radius 1 is 1.47 bits per heavy atom. The van der Waals surface area contributed by atoms with E-state index in [4.69, 9.17) is 4.52 Å². The first-order valence-corrected chi connectivity index (χ1v) is 5.81. The number of halogens is 2. The summed E-state index contributed by atoms with van der Waals surface area (Å²) in [5.41, 5.74) is 0.525. The lowest BCUT2D eigenvalue weighted by atomic mass is 10.2. The zero-order valence-corrected chi connectivity index (χ0v) is 10.6. The van der Waals surface area contributed by atoms with Gasteiger partial charge in [-0.25, -0.2) is 4.39 Å². The SMILES string of the molecule is CC(O)Cc1nc(-c2cc(F)cc(Br)c2)no1. The Morgan fingerprint density at radius 3 is 2.88 bits per heavy atom. The largest absolute Gasteiger partial charge is 0.393 e. The molecule has 0 fully saturated rings. The molecule has 0 aliphatic carbocycles. The van der Waals surface area contributed by atoms with Gasteiger partial charge in [0.15, 0.2) is 0 Å². The minimum absolute atomic E-state index is 0.281. The molecule has 4 nitrogen and oxygen atoms in total. The molecule has 1 atom stereocenters. The average molecular weight is 301 g/mol. The Bertz CT molecular complexity index is 508. The molecule has 1 heterocycles. The molecular weight excluding hydrogens is 291 g/mol. The molecule has 1 aromatic carbocycles. The predicted octanol–water partition coefficient (Wildman–Crippen LogP) is 2.56. The topological polar surface area (TPSA) is 59.2 Å². The summed E-state index contributed by atoms with van der Waals surface area (Å²) in [4.78, 5) is 4.08. The Morgan fingerprint density at radius 2 is 2.24 bits per heavy atom. The van der Waals surface area contributed by atoms with Gasteiger partial charge in [0.2, 0.25) is 11.7 Å². The fraction of sp³-hybridized carbons (Fsp3) is 0.273. The van der Waals surface area contributed by atoms with Crippen molar-refractivity contribution in [3.63, 3.8) is 0 Å². The van der Waals surface area contributed by atoms with E-state index in [2.05, 4.69) is 26.1 Å². The number of aliphatic hydroxyl groups excluding tert-OH is 1. The van der Waals surface area contributed by atoms with Crippen LogP contribution in [0.15, 0.2) is 27.2 Å². The second-order valence-corrected chi connectivity index (χ2v) is 4.64. The lowest BCUT2D eigenvalue weighted by molar-refractivity contribution is 0.181. The van der Waals surface area contributed by atoms with E-state index in [0.29, 0.717) is 21.8 Å². The van der Waals surface area contributed by atoms with E-state index >= 15 is 0 Å². The standard InChI is InChI=1S/C11H10BrFN2O2/c1-6(16)2-10-14-11(15-17-10)7-3-8(12)5-9(13)4-7/h3-6,16H,2H2,1H3. The summed E-state index contributed by atoms with van der Waals surface area (Å²) in [5, 5.41) is 12.9. The van der Waals surface area contributed by atoms with Crippen LogP contribution >= 0.6 is 15.9 Å². The van der Waals surface area contributed by atoms with Crippen LogP contribution < -0.4 is 0 Å². The Labute approximate surface area is 106 Å². The molecule has 0 aliphatic heterocycles. The lowest BCUT2D eigenvalue weighted by Gasteiger charge is -1.97. The first kappa shape index (κ1) is 12.2. The van der Waals surface area contributed by atoms with Crippen molar-refractivity contribution in [1.82, 2.24) is 10.1 Å². The van der Waals surface area contributed by atoms with Crippen LogP contribution in [0.4, 0.5) is 4.39 Å². The molecule has 17 heavy (non-hydrogen) atoms. The van der Waals surface area contributed by atoms with E-state index < -0.39 is 6.10 Å². The zero-order valence-electron chi connectivity index (χ0n) is 9.02. The van der Waals surface area contributed by atoms with E-state index in [-0.39, 0.29) is 12.2 Å². The smallest absolute Gasteiger partial charge is 0.229 e. The van der Waals surface area contributed by atoms with Gasteiger partial charge < -0.3 is 9.63 Å². The highest BCUT2D eigenvalue weighted by atomic mass is 79.9. The maximum absolute atomic E-state index is 13.2. The summed E-state index contributed by atoms with van der Waals surface area (Å²) in [6.07, 6.45) is -0.272. The second-order valence-electron chi connectivity index (χ2n) is 3.72. The molecular formula is C11H10BrFN2O2. The molecule has 0 saturated carbocycles. The number of hydrogen-bond acceptors (Lipinski definition) is 4. The summed E-state index contributed by atoms with van der Waals surface area (Å²) in [5.74, 6) is 0.257. The van der Waals surface area contributed by atoms with Gasteiger partial charge in [0.05, 0.1) is 12.5 Å². The van der Waals surface area contributed by atoms with E-state index in [0.717, 1.165) is 0 Å². The third-order valence-corrected chi connectivity index (χ3v) is 2.52. The van der Waals surface area contributed by atoms with Gasteiger partial charge in [0, 0.05) is 10.0 Å². The summed E-state index contributed by atoms with van der Waals surface area (Å²) >= 11 is 3.19. The average Bonchev–Trinajstić information content (AvgIpc) is 2.63. The fourth-order valence-electron chi connectivity index (χ4n) is 1.39. The monoisotopic (exact) mass is 300 g/mol. The molecule has 0 spiro atoms. The highest BCUT2D eigenvalue weighted by Crippen LogP contribution is 2.22. The van der Waals surface area contributed by atoms with E-state index in [1.165, 1.54) is 12.1 Å². The molecule has 0 saturated heterocycles. The molecule has 1 aromatic heterocycles. The first-order chi connectivity index (χ1) is 8.04. The van der Waals surface area contributed by atoms with Crippen molar-refractivity contribution in [2.45, 2.75) is 19.4 Å². The number of nitrogens with zero attached hydrogens (tertiary/aromatic N) is 2. The van der Waals surface area contributed by atoms with Crippen molar-refractivity contribution in [1.29, 1.82) is 0 Å². The van der Waals surface area contributed by atoms with Crippen molar-refractivity contribution < 1.29 is 14.0 Å². The lowest BCUT2D eigenvalue weighted by Crippen LogP contribution is -2.04. The number of aromatic nitrogens is 2. The number of aliphatic hydroxyl groups is 1. The Balaban J connectivity index is 2.30. The molecule has 0 amide bonds. The third-order valence-electron chi connectivity index (χ3n) is 2.06. The predicted molar refractivity (Wildman–Crippen MR) is 62.8 cm³/mol. The molecule has 1 N–H and O–H groups in total. The maximum atomic E-state index is 13.2. The maximum Gasteiger partial charge on any atom is 0.229 e. The van der Waals surface area contributed by atoms with Gasteiger partial charge >= 0.3 is 0 Å². The van der Waals surface area contributed by atoms with Crippen molar-refractivity contribution >= 4 is 15.9 Å². The van der Waals surface area contributed by atoms with Crippen LogP contribution in [-0.2, 0) is 6.42 Å². The second kappa shape index (κ2) is 4.93.